The Kier molecular flexibility index (Phi) is 7.38. The third-order valence-electron chi connectivity index (χ3n) is 7.14. The van der Waals surface area contributed by atoms with Gasteiger partial charge in [0, 0.05) is 16.8 Å². The molecule has 3 atom stereocenters. The van der Waals surface area contributed by atoms with Gasteiger partial charge in [0.05, 0.1) is 23.4 Å². The van der Waals surface area contributed by atoms with Crippen LogP contribution in [0.5, 0.6) is 5.75 Å². The number of rotatable bonds is 8. The molecule has 5 rings (SSSR count). The summed E-state index contributed by atoms with van der Waals surface area (Å²) in [5.41, 5.74) is 2.63. The summed E-state index contributed by atoms with van der Waals surface area (Å²) >= 11 is 0. The zero-order valence-electron chi connectivity index (χ0n) is 20.8. The molecule has 0 spiro atoms. The lowest BCUT2D eigenvalue weighted by Gasteiger charge is -2.48. The molecule has 4 aromatic carbocycles. The van der Waals surface area contributed by atoms with Crippen LogP contribution in [0.25, 0.3) is 11.1 Å². The van der Waals surface area contributed by atoms with Gasteiger partial charge in [-0.05, 0) is 60.4 Å². The standard InChI is InChI=1S/C30H27FNO6P/c31-26-9-5-4-8-24(26)27(33)17-16-25-29(32(30(25)35)21-6-2-1-3-7-21)20-12-15-23(28(34)18-20)19-10-13-22(14-11-19)39(36,37)38/h1-15,18,25,27,29,33-34H,16-17H2,(H2,36,37,38). The fourth-order valence-electron chi connectivity index (χ4n) is 5.14. The van der Waals surface area contributed by atoms with E-state index in [1.54, 1.807) is 35.2 Å². The number of phenolic OH excluding ortho intramolecular Hbond substituents is 1. The van der Waals surface area contributed by atoms with Gasteiger partial charge in [0.1, 0.15) is 11.6 Å². The summed E-state index contributed by atoms with van der Waals surface area (Å²) in [4.78, 5) is 33.7. The molecular formula is C30H27FNO6P. The Hall–Kier alpha value is -3.81. The minimum absolute atomic E-state index is 0.0473. The Bertz CT molecular complexity index is 1540. The lowest BCUT2D eigenvalue weighted by Crippen LogP contribution is -2.55. The zero-order chi connectivity index (χ0) is 27.7. The van der Waals surface area contributed by atoms with E-state index in [0.29, 0.717) is 28.8 Å². The normalized spacial score (nSPS) is 18.1. The molecule has 0 saturated carbocycles. The number of aliphatic hydroxyl groups is 1. The Morgan fingerprint density at radius 2 is 1.56 bits per heavy atom. The summed E-state index contributed by atoms with van der Waals surface area (Å²) in [7, 11) is -4.38. The van der Waals surface area contributed by atoms with E-state index in [-0.39, 0.29) is 28.9 Å². The molecule has 1 saturated heterocycles. The third kappa shape index (κ3) is 5.37. The number of carbonyl (C=O) groups excluding carboxylic acids is 1. The number of benzene rings is 4. The maximum atomic E-state index is 14.2. The van der Waals surface area contributed by atoms with Crippen molar-refractivity contribution in [3.63, 3.8) is 0 Å². The number of hydrogen-bond acceptors (Lipinski definition) is 4. The van der Waals surface area contributed by atoms with Crippen LogP contribution in [0.2, 0.25) is 0 Å². The Morgan fingerprint density at radius 3 is 2.21 bits per heavy atom. The van der Waals surface area contributed by atoms with Gasteiger partial charge in [-0.25, -0.2) is 4.39 Å². The number of carbonyl (C=O) groups is 1. The van der Waals surface area contributed by atoms with Crippen LogP contribution in [0.1, 0.15) is 36.1 Å². The van der Waals surface area contributed by atoms with Crippen molar-refractivity contribution >= 4 is 24.5 Å². The molecule has 200 valence electrons. The summed E-state index contributed by atoms with van der Waals surface area (Å²) in [6.45, 7) is 0. The number of para-hydroxylation sites is 1. The summed E-state index contributed by atoms with van der Waals surface area (Å²) in [5.74, 6) is -1.15. The van der Waals surface area contributed by atoms with Crippen molar-refractivity contribution in [1.82, 2.24) is 0 Å². The Morgan fingerprint density at radius 1 is 0.897 bits per heavy atom. The molecule has 0 radical (unpaired) electrons. The van der Waals surface area contributed by atoms with Crippen LogP contribution in [-0.4, -0.2) is 25.9 Å². The number of aliphatic hydroxyl groups excluding tert-OH is 1. The van der Waals surface area contributed by atoms with Crippen LogP contribution in [0.3, 0.4) is 0 Å². The van der Waals surface area contributed by atoms with Crippen molar-refractivity contribution in [3.05, 3.63) is 114 Å². The van der Waals surface area contributed by atoms with E-state index in [4.69, 9.17) is 0 Å². The SMILES string of the molecule is O=C1C(CCC(O)c2ccccc2F)C(c2ccc(-c3ccc(P(=O)(O)O)cc3)c(O)c2)N1c1ccccc1. The van der Waals surface area contributed by atoms with E-state index in [2.05, 4.69) is 0 Å². The second-order valence-corrected chi connectivity index (χ2v) is 11.2. The fraction of sp³-hybridized carbons (Fsp3) is 0.167. The Balaban J connectivity index is 1.42. The first-order valence-corrected chi connectivity index (χ1v) is 14.1. The first-order chi connectivity index (χ1) is 18.6. The minimum Gasteiger partial charge on any atom is -0.507 e. The summed E-state index contributed by atoms with van der Waals surface area (Å²) < 4.78 is 25.6. The molecule has 7 nitrogen and oxygen atoms in total. The lowest BCUT2D eigenvalue weighted by atomic mass is 9.78. The van der Waals surface area contributed by atoms with E-state index in [1.165, 1.54) is 36.4 Å². The number of β-lactam (4-membered cyclic amide) rings is 1. The molecule has 1 amide bonds. The van der Waals surface area contributed by atoms with Gasteiger partial charge in [0.15, 0.2) is 0 Å². The highest BCUT2D eigenvalue weighted by Gasteiger charge is 2.48. The molecule has 1 fully saturated rings. The number of amides is 1. The van der Waals surface area contributed by atoms with Crippen LogP contribution < -0.4 is 10.2 Å². The number of phenols is 1. The van der Waals surface area contributed by atoms with E-state index in [1.807, 2.05) is 30.3 Å². The van der Waals surface area contributed by atoms with Crippen molar-refractivity contribution in [2.45, 2.75) is 25.0 Å². The monoisotopic (exact) mass is 547 g/mol. The van der Waals surface area contributed by atoms with Gasteiger partial charge < -0.3 is 24.9 Å². The topological polar surface area (TPSA) is 118 Å². The van der Waals surface area contributed by atoms with Crippen LogP contribution in [0, 0.1) is 11.7 Å². The largest absolute Gasteiger partial charge is 0.507 e. The van der Waals surface area contributed by atoms with E-state index < -0.39 is 31.5 Å². The van der Waals surface area contributed by atoms with Crippen molar-refractivity contribution in [2.75, 3.05) is 4.90 Å². The lowest BCUT2D eigenvalue weighted by molar-refractivity contribution is -0.131. The van der Waals surface area contributed by atoms with Gasteiger partial charge in [0.25, 0.3) is 0 Å². The van der Waals surface area contributed by atoms with Gasteiger partial charge in [-0.1, -0.05) is 60.7 Å². The molecule has 39 heavy (non-hydrogen) atoms. The molecule has 3 unspecified atom stereocenters. The molecule has 1 aliphatic rings. The fourth-order valence-corrected chi connectivity index (χ4v) is 5.68. The van der Waals surface area contributed by atoms with Gasteiger partial charge in [-0.2, -0.15) is 0 Å². The number of aromatic hydroxyl groups is 1. The van der Waals surface area contributed by atoms with Crippen LogP contribution in [-0.2, 0) is 9.36 Å². The van der Waals surface area contributed by atoms with Crippen molar-refractivity contribution in [2.24, 2.45) is 5.92 Å². The quantitative estimate of drug-likeness (QED) is 0.178. The third-order valence-corrected chi connectivity index (χ3v) is 8.11. The maximum Gasteiger partial charge on any atom is 0.356 e. The summed E-state index contributed by atoms with van der Waals surface area (Å²) in [6.07, 6.45) is -0.557. The highest BCUT2D eigenvalue weighted by molar-refractivity contribution is 7.60. The molecule has 4 N–H and O–H groups in total. The van der Waals surface area contributed by atoms with Crippen molar-refractivity contribution in [1.29, 1.82) is 0 Å². The van der Waals surface area contributed by atoms with Gasteiger partial charge in [-0.3, -0.25) is 9.36 Å². The second-order valence-electron chi connectivity index (χ2n) is 9.58. The summed E-state index contributed by atoms with van der Waals surface area (Å²) in [5, 5.41) is 21.4. The number of halogens is 1. The predicted octanol–water partition coefficient (Wildman–Crippen LogP) is 5.22. The van der Waals surface area contributed by atoms with Crippen LogP contribution in [0.4, 0.5) is 10.1 Å². The average molecular weight is 548 g/mol. The predicted molar refractivity (Wildman–Crippen MR) is 146 cm³/mol. The number of anilines is 1. The summed E-state index contributed by atoms with van der Waals surface area (Å²) in [6, 6.07) is 25.6. The molecule has 0 bridgehead atoms. The minimum atomic E-state index is -4.38. The van der Waals surface area contributed by atoms with E-state index in [9.17, 15) is 33.7 Å². The molecule has 0 aromatic heterocycles. The second kappa shape index (κ2) is 10.8. The molecule has 1 heterocycles. The molecule has 4 aromatic rings. The first-order valence-electron chi connectivity index (χ1n) is 12.4. The number of hydrogen-bond donors (Lipinski definition) is 4. The van der Waals surface area contributed by atoms with Crippen LogP contribution >= 0.6 is 7.60 Å². The highest BCUT2D eigenvalue weighted by Crippen LogP contribution is 2.47. The first kappa shape index (κ1) is 26.8. The van der Waals surface area contributed by atoms with Crippen molar-refractivity contribution in [3.8, 4) is 16.9 Å². The molecule has 1 aliphatic heterocycles. The van der Waals surface area contributed by atoms with E-state index in [0.717, 1.165) is 0 Å². The van der Waals surface area contributed by atoms with Gasteiger partial charge in [0.2, 0.25) is 5.91 Å². The van der Waals surface area contributed by atoms with Crippen LogP contribution in [0.15, 0.2) is 97.1 Å². The zero-order valence-corrected chi connectivity index (χ0v) is 21.7. The average Bonchev–Trinajstić information content (AvgIpc) is 2.92. The van der Waals surface area contributed by atoms with Crippen molar-refractivity contribution < 1.29 is 33.7 Å². The molecule has 9 heteroatoms. The smallest absolute Gasteiger partial charge is 0.356 e. The van der Waals surface area contributed by atoms with Gasteiger partial charge in [-0.15, -0.1) is 0 Å². The highest BCUT2D eigenvalue weighted by atomic mass is 31.2. The van der Waals surface area contributed by atoms with Gasteiger partial charge >= 0.3 is 7.60 Å². The molecule has 0 aliphatic carbocycles. The maximum absolute atomic E-state index is 14.2. The molecular weight excluding hydrogens is 520 g/mol. The number of nitrogens with zero attached hydrogens (tertiary/aromatic N) is 1. The Labute approximate surface area is 225 Å². The van der Waals surface area contributed by atoms with E-state index >= 15 is 0 Å².